The number of aromatic nitrogens is 1. The fourth-order valence-corrected chi connectivity index (χ4v) is 4.17. The van der Waals surface area contributed by atoms with Crippen LogP contribution in [0.2, 0.25) is 0 Å². The van der Waals surface area contributed by atoms with Gasteiger partial charge in [0, 0.05) is 24.8 Å². The molecule has 0 amide bonds. The maximum absolute atomic E-state index is 13.0. The Labute approximate surface area is 141 Å². The van der Waals surface area contributed by atoms with E-state index in [1.807, 2.05) is 19.1 Å². The summed E-state index contributed by atoms with van der Waals surface area (Å²) in [6, 6.07) is 10.5. The zero-order chi connectivity index (χ0) is 17.2. The van der Waals surface area contributed by atoms with Gasteiger partial charge in [-0.1, -0.05) is 6.07 Å². The van der Waals surface area contributed by atoms with E-state index in [9.17, 15) is 12.8 Å². The number of sulfonamides is 1. The van der Waals surface area contributed by atoms with Crippen molar-refractivity contribution < 1.29 is 17.5 Å². The number of nitrogens with zero attached hydrogens (tertiary/aromatic N) is 2. The lowest BCUT2D eigenvalue weighted by Gasteiger charge is -2.31. The minimum atomic E-state index is -3.59. The van der Waals surface area contributed by atoms with E-state index in [4.69, 9.17) is 4.74 Å². The van der Waals surface area contributed by atoms with Crippen LogP contribution in [0.15, 0.2) is 47.4 Å². The highest BCUT2D eigenvalue weighted by Gasteiger charge is 2.30. The molecule has 1 aliphatic heterocycles. The molecule has 1 aliphatic rings. The van der Waals surface area contributed by atoms with Crippen molar-refractivity contribution >= 4 is 10.0 Å². The van der Waals surface area contributed by atoms with Gasteiger partial charge in [0.25, 0.3) is 0 Å². The lowest BCUT2D eigenvalue weighted by Crippen LogP contribution is -2.41. The lowest BCUT2D eigenvalue weighted by molar-refractivity contribution is 0.129. The number of aryl methyl sites for hydroxylation is 1. The largest absolute Gasteiger partial charge is 0.474 e. The van der Waals surface area contributed by atoms with Gasteiger partial charge < -0.3 is 4.74 Å². The van der Waals surface area contributed by atoms with E-state index in [0.29, 0.717) is 31.8 Å². The summed E-state index contributed by atoms with van der Waals surface area (Å²) in [6.45, 7) is 2.64. The Balaban J connectivity index is 1.63. The highest BCUT2D eigenvalue weighted by atomic mass is 32.2. The van der Waals surface area contributed by atoms with Gasteiger partial charge in [-0.2, -0.15) is 4.31 Å². The zero-order valence-electron chi connectivity index (χ0n) is 13.4. The van der Waals surface area contributed by atoms with Gasteiger partial charge in [-0.05, 0) is 50.1 Å². The minimum absolute atomic E-state index is 0.0565. The summed E-state index contributed by atoms with van der Waals surface area (Å²) in [7, 11) is -3.59. The van der Waals surface area contributed by atoms with Crippen LogP contribution in [-0.4, -0.2) is 36.9 Å². The highest BCUT2D eigenvalue weighted by Crippen LogP contribution is 2.23. The number of benzene rings is 1. The summed E-state index contributed by atoms with van der Waals surface area (Å²) in [4.78, 5) is 4.42. The molecule has 0 radical (unpaired) electrons. The Morgan fingerprint density at radius 3 is 2.42 bits per heavy atom. The number of halogens is 1. The van der Waals surface area contributed by atoms with Crippen LogP contribution in [-0.2, 0) is 10.0 Å². The monoisotopic (exact) mass is 350 g/mol. The third-order valence-corrected chi connectivity index (χ3v) is 5.92. The second-order valence-corrected chi connectivity index (χ2v) is 7.73. The van der Waals surface area contributed by atoms with Gasteiger partial charge in [-0.15, -0.1) is 0 Å². The van der Waals surface area contributed by atoms with Gasteiger partial charge in [0.1, 0.15) is 11.9 Å². The molecule has 0 bridgehead atoms. The fourth-order valence-electron chi connectivity index (χ4n) is 2.70. The Morgan fingerprint density at radius 2 is 1.79 bits per heavy atom. The number of pyridine rings is 1. The predicted octanol–water partition coefficient (Wildman–Crippen LogP) is 2.76. The van der Waals surface area contributed by atoms with Crippen molar-refractivity contribution in [3.05, 3.63) is 54.0 Å². The molecule has 0 aliphatic carbocycles. The Kier molecular flexibility index (Phi) is 4.82. The molecule has 1 aromatic heterocycles. The number of piperidine rings is 1. The Morgan fingerprint density at radius 1 is 1.12 bits per heavy atom. The molecule has 7 heteroatoms. The van der Waals surface area contributed by atoms with E-state index in [2.05, 4.69) is 4.98 Å². The predicted molar refractivity (Wildman–Crippen MR) is 87.8 cm³/mol. The molecule has 0 unspecified atom stereocenters. The molecule has 1 fully saturated rings. The number of ether oxygens (including phenoxy) is 1. The van der Waals surface area contributed by atoms with E-state index in [1.54, 1.807) is 6.07 Å². The van der Waals surface area contributed by atoms with Crippen molar-refractivity contribution in [2.24, 2.45) is 0 Å². The van der Waals surface area contributed by atoms with Crippen molar-refractivity contribution in [2.45, 2.75) is 30.8 Å². The van der Waals surface area contributed by atoms with E-state index in [0.717, 1.165) is 17.8 Å². The molecule has 0 spiro atoms. The van der Waals surface area contributed by atoms with E-state index in [-0.39, 0.29) is 11.0 Å². The van der Waals surface area contributed by atoms with Crippen LogP contribution in [0, 0.1) is 12.7 Å². The first-order valence-electron chi connectivity index (χ1n) is 7.81. The topological polar surface area (TPSA) is 59.5 Å². The molecule has 0 atom stereocenters. The van der Waals surface area contributed by atoms with Crippen LogP contribution in [0.5, 0.6) is 5.88 Å². The summed E-state index contributed by atoms with van der Waals surface area (Å²) in [6.07, 6.45) is 1.13. The summed E-state index contributed by atoms with van der Waals surface area (Å²) in [5.74, 6) is 0.113. The SMILES string of the molecule is Cc1cccc(OC2CCN(S(=O)(=O)c3ccc(F)cc3)CC2)n1. The molecule has 2 heterocycles. The summed E-state index contributed by atoms with van der Waals surface area (Å²) in [5.41, 5.74) is 0.879. The van der Waals surface area contributed by atoms with Crippen molar-refractivity contribution in [3.63, 3.8) is 0 Å². The third-order valence-electron chi connectivity index (χ3n) is 4.00. The molecule has 128 valence electrons. The number of hydrogen-bond donors (Lipinski definition) is 0. The quantitative estimate of drug-likeness (QED) is 0.851. The first kappa shape index (κ1) is 16.9. The van der Waals surface area contributed by atoms with Crippen LogP contribution in [0.4, 0.5) is 4.39 Å². The molecular weight excluding hydrogens is 331 g/mol. The first-order valence-corrected chi connectivity index (χ1v) is 9.25. The molecular formula is C17H19FN2O3S. The van der Waals surface area contributed by atoms with Crippen molar-refractivity contribution in [1.82, 2.24) is 9.29 Å². The van der Waals surface area contributed by atoms with Gasteiger partial charge in [-0.3, -0.25) is 0 Å². The average Bonchev–Trinajstić information content (AvgIpc) is 2.56. The molecule has 5 nitrogen and oxygen atoms in total. The van der Waals surface area contributed by atoms with Crippen LogP contribution >= 0.6 is 0 Å². The van der Waals surface area contributed by atoms with Crippen LogP contribution in [0.1, 0.15) is 18.5 Å². The molecule has 1 aromatic carbocycles. The Hall–Kier alpha value is -1.99. The fraction of sp³-hybridized carbons (Fsp3) is 0.353. The first-order chi connectivity index (χ1) is 11.4. The number of rotatable bonds is 4. The van der Waals surface area contributed by atoms with Crippen LogP contribution in [0.25, 0.3) is 0 Å². The van der Waals surface area contributed by atoms with Gasteiger partial charge in [0.05, 0.1) is 4.90 Å². The summed E-state index contributed by atoms with van der Waals surface area (Å²) < 4.78 is 45.3. The van der Waals surface area contributed by atoms with Gasteiger partial charge in [-0.25, -0.2) is 17.8 Å². The lowest BCUT2D eigenvalue weighted by atomic mass is 10.1. The van der Waals surface area contributed by atoms with E-state index < -0.39 is 15.8 Å². The second kappa shape index (κ2) is 6.86. The minimum Gasteiger partial charge on any atom is -0.474 e. The van der Waals surface area contributed by atoms with E-state index >= 15 is 0 Å². The van der Waals surface area contributed by atoms with Crippen molar-refractivity contribution in [3.8, 4) is 5.88 Å². The van der Waals surface area contributed by atoms with Gasteiger partial charge in [0.15, 0.2) is 0 Å². The standard InChI is InChI=1S/C17H19FN2O3S/c1-13-3-2-4-17(19-13)23-15-9-11-20(12-10-15)24(21,22)16-7-5-14(18)6-8-16/h2-8,15H,9-12H2,1H3. The van der Waals surface area contributed by atoms with Crippen molar-refractivity contribution in [1.29, 1.82) is 0 Å². The van der Waals surface area contributed by atoms with Crippen LogP contribution < -0.4 is 4.74 Å². The smallest absolute Gasteiger partial charge is 0.243 e. The summed E-state index contributed by atoms with van der Waals surface area (Å²) in [5, 5.41) is 0. The molecule has 0 saturated carbocycles. The molecule has 2 aromatic rings. The normalized spacial score (nSPS) is 16.9. The molecule has 1 saturated heterocycles. The molecule has 3 rings (SSSR count). The molecule has 0 N–H and O–H groups in total. The number of hydrogen-bond acceptors (Lipinski definition) is 4. The third kappa shape index (κ3) is 3.73. The summed E-state index contributed by atoms with van der Waals surface area (Å²) >= 11 is 0. The highest BCUT2D eigenvalue weighted by molar-refractivity contribution is 7.89. The maximum Gasteiger partial charge on any atom is 0.243 e. The van der Waals surface area contributed by atoms with Gasteiger partial charge in [0.2, 0.25) is 15.9 Å². The Bertz CT molecular complexity index is 801. The zero-order valence-corrected chi connectivity index (χ0v) is 14.2. The van der Waals surface area contributed by atoms with Crippen molar-refractivity contribution in [2.75, 3.05) is 13.1 Å². The van der Waals surface area contributed by atoms with Crippen LogP contribution in [0.3, 0.4) is 0 Å². The van der Waals surface area contributed by atoms with Gasteiger partial charge >= 0.3 is 0 Å². The average molecular weight is 350 g/mol. The maximum atomic E-state index is 13.0. The molecule has 24 heavy (non-hydrogen) atoms. The van der Waals surface area contributed by atoms with E-state index in [1.165, 1.54) is 16.4 Å². The second-order valence-electron chi connectivity index (χ2n) is 5.79.